The van der Waals surface area contributed by atoms with Gasteiger partial charge in [0.05, 0.1) is 32.0 Å². The van der Waals surface area contributed by atoms with Gasteiger partial charge >= 0.3 is 0 Å². The van der Waals surface area contributed by atoms with Gasteiger partial charge in [-0.15, -0.1) is 0 Å². The second-order valence-corrected chi connectivity index (χ2v) is 9.87. The van der Waals surface area contributed by atoms with Crippen molar-refractivity contribution >= 4 is 0 Å². The van der Waals surface area contributed by atoms with Gasteiger partial charge in [0.1, 0.15) is 61.0 Å². The lowest BCUT2D eigenvalue weighted by Crippen LogP contribution is -2.66. The molecule has 3 saturated heterocycles. The van der Waals surface area contributed by atoms with E-state index in [2.05, 4.69) is 0 Å². The van der Waals surface area contributed by atoms with Crippen molar-refractivity contribution in [2.45, 2.75) is 113 Å². The third-order valence-electron chi connectivity index (χ3n) is 6.82. The van der Waals surface area contributed by atoms with E-state index >= 15 is 0 Å². The Kier molecular flexibility index (Phi) is 11.0. The van der Waals surface area contributed by atoms with Crippen LogP contribution in [-0.4, -0.2) is 158 Å². The van der Waals surface area contributed by atoms with E-state index in [1.165, 1.54) is 6.92 Å². The molecule has 0 spiro atoms. The van der Waals surface area contributed by atoms with E-state index < -0.39 is 112 Å². The van der Waals surface area contributed by atoms with Crippen molar-refractivity contribution in [2.24, 2.45) is 5.92 Å². The lowest BCUT2D eigenvalue weighted by atomic mass is 9.92. The zero-order valence-electron chi connectivity index (χ0n) is 20.8. The predicted octanol–water partition coefficient (Wildman–Crippen LogP) is -4.87. The van der Waals surface area contributed by atoms with Crippen LogP contribution >= 0.6 is 0 Å². The molecule has 3 aliphatic heterocycles. The van der Waals surface area contributed by atoms with Crippen molar-refractivity contribution in [3.05, 3.63) is 0 Å². The van der Waals surface area contributed by atoms with Crippen LogP contribution in [0.2, 0.25) is 0 Å². The van der Waals surface area contributed by atoms with Crippen LogP contribution in [0.15, 0.2) is 0 Å². The zero-order valence-corrected chi connectivity index (χ0v) is 20.8. The van der Waals surface area contributed by atoms with Crippen molar-refractivity contribution in [2.75, 3.05) is 19.8 Å². The molecule has 9 N–H and O–H groups in total. The molecule has 0 radical (unpaired) electrons. The Hall–Kier alpha value is -0.600. The van der Waals surface area contributed by atoms with Gasteiger partial charge in [-0.3, -0.25) is 0 Å². The summed E-state index contributed by atoms with van der Waals surface area (Å²) >= 11 is 0. The first-order chi connectivity index (χ1) is 17.4. The van der Waals surface area contributed by atoms with Gasteiger partial charge in [0.2, 0.25) is 0 Å². The SMILES string of the molecule is CC(C)O[C@@H]1O[C@H](CO)[C@@H](O[C@@H]2O[C@H](CO)[C@@H](OC3O[C@H](CO)[C@H](O)[C@H](O)[C@H]3C)[C@H](O)[C@H]2O)[C@H](O)[C@H]1O. The monoisotopic (exact) mass is 544 g/mol. The third-order valence-corrected chi connectivity index (χ3v) is 6.82. The summed E-state index contributed by atoms with van der Waals surface area (Å²) in [6.45, 7) is 2.88. The molecule has 3 fully saturated rings. The molecule has 3 rings (SSSR count). The second-order valence-electron chi connectivity index (χ2n) is 9.87. The summed E-state index contributed by atoms with van der Waals surface area (Å²) in [5.74, 6) is -0.821. The van der Waals surface area contributed by atoms with Crippen LogP contribution < -0.4 is 0 Å². The lowest BCUT2D eigenvalue weighted by molar-refractivity contribution is -0.377. The van der Waals surface area contributed by atoms with Crippen molar-refractivity contribution in [3.8, 4) is 0 Å². The van der Waals surface area contributed by atoms with Gasteiger partial charge in [-0.2, -0.15) is 0 Å². The topological polar surface area (TPSA) is 237 Å². The number of aliphatic hydroxyl groups excluding tert-OH is 9. The Morgan fingerprint density at radius 2 is 1.00 bits per heavy atom. The quantitative estimate of drug-likeness (QED) is 0.132. The summed E-state index contributed by atoms with van der Waals surface area (Å²) in [4.78, 5) is 0. The van der Waals surface area contributed by atoms with Crippen LogP contribution in [0.1, 0.15) is 20.8 Å². The maximum Gasteiger partial charge on any atom is 0.187 e. The summed E-state index contributed by atoms with van der Waals surface area (Å²) in [5.41, 5.74) is 0. The van der Waals surface area contributed by atoms with E-state index in [-0.39, 0.29) is 6.10 Å². The van der Waals surface area contributed by atoms with Crippen molar-refractivity contribution < 1.29 is 74.4 Å². The molecule has 218 valence electrons. The van der Waals surface area contributed by atoms with Gasteiger partial charge in [0.25, 0.3) is 0 Å². The Balaban J connectivity index is 1.71. The number of aliphatic hydroxyl groups is 9. The first-order valence-corrected chi connectivity index (χ1v) is 12.3. The van der Waals surface area contributed by atoms with Crippen molar-refractivity contribution in [3.63, 3.8) is 0 Å². The van der Waals surface area contributed by atoms with Gasteiger partial charge in [-0.1, -0.05) is 6.92 Å². The fourth-order valence-electron chi connectivity index (χ4n) is 4.62. The Morgan fingerprint density at radius 3 is 1.49 bits per heavy atom. The van der Waals surface area contributed by atoms with Crippen LogP contribution in [0.3, 0.4) is 0 Å². The summed E-state index contributed by atoms with van der Waals surface area (Å²) in [6, 6.07) is 0. The molecule has 0 bridgehead atoms. The molecule has 0 aromatic heterocycles. The summed E-state index contributed by atoms with van der Waals surface area (Å²) in [6.07, 6.45) is -20.5. The number of rotatable bonds is 9. The zero-order chi connectivity index (χ0) is 27.6. The average Bonchev–Trinajstić information content (AvgIpc) is 2.87. The summed E-state index contributed by atoms with van der Waals surface area (Å²) in [7, 11) is 0. The predicted molar refractivity (Wildman–Crippen MR) is 118 cm³/mol. The molecule has 0 aromatic rings. The second kappa shape index (κ2) is 13.2. The molecule has 15 heteroatoms. The van der Waals surface area contributed by atoms with Crippen LogP contribution in [0.4, 0.5) is 0 Å². The average molecular weight is 545 g/mol. The maximum absolute atomic E-state index is 10.8. The van der Waals surface area contributed by atoms with Crippen LogP contribution in [0, 0.1) is 5.92 Å². The molecule has 0 saturated carbocycles. The van der Waals surface area contributed by atoms with Gasteiger partial charge in [-0.05, 0) is 13.8 Å². The molecule has 3 heterocycles. The molecular formula is C22H40O15. The standard InChI is InChI=1S/C22H40O15/c1-7(2)32-21-16(30)14(28)19(11(6-25)34-21)37-22-17(31)15(29)18(10(5-24)35-22)36-20-8(3)12(26)13(27)9(4-23)33-20/h7-31H,4-6H2,1-3H3/t8-,9-,10-,11-,12-,13+,14-,15-,16-,17-,18-,19-,20?,21-,22+/m1/s1. The molecule has 15 atom stereocenters. The van der Waals surface area contributed by atoms with Gasteiger partial charge in [0, 0.05) is 5.92 Å². The minimum absolute atomic E-state index is 0.363. The molecule has 1 unspecified atom stereocenters. The van der Waals surface area contributed by atoms with Crippen LogP contribution in [-0.2, 0) is 28.4 Å². The molecule has 15 nitrogen and oxygen atoms in total. The fraction of sp³-hybridized carbons (Fsp3) is 1.00. The van der Waals surface area contributed by atoms with E-state index in [0.717, 1.165) is 0 Å². The lowest BCUT2D eigenvalue weighted by Gasteiger charge is -2.48. The fourth-order valence-corrected chi connectivity index (χ4v) is 4.62. The van der Waals surface area contributed by atoms with E-state index in [0.29, 0.717) is 0 Å². The van der Waals surface area contributed by atoms with Gasteiger partial charge in [0.15, 0.2) is 18.9 Å². The smallest absolute Gasteiger partial charge is 0.187 e. The normalized spacial score (nSPS) is 49.4. The highest BCUT2D eigenvalue weighted by Gasteiger charge is 2.53. The maximum atomic E-state index is 10.8. The minimum atomic E-state index is -1.80. The van der Waals surface area contributed by atoms with E-state index in [9.17, 15) is 46.0 Å². The highest BCUT2D eigenvalue weighted by Crippen LogP contribution is 2.34. The van der Waals surface area contributed by atoms with Crippen molar-refractivity contribution in [1.29, 1.82) is 0 Å². The third kappa shape index (κ3) is 6.59. The summed E-state index contributed by atoms with van der Waals surface area (Å²) < 4.78 is 33.4. The molecule has 0 aromatic carbocycles. The number of hydrogen-bond acceptors (Lipinski definition) is 15. The minimum Gasteiger partial charge on any atom is -0.394 e. The van der Waals surface area contributed by atoms with E-state index in [4.69, 9.17) is 28.4 Å². The highest BCUT2D eigenvalue weighted by molar-refractivity contribution is 4.96. The molecule has 3 aliphatic rings. The number of hydrogen-bond donors (Lipinski definition) is 9. The number of ether oxygens (including phenoxy) is 6. The van der Waals surface area contributed by atoms with Crippen molar-refractivity contribution in [1.82, 2.24) is 0 Å². The Labute approximate surface area is 213 Å². The Morgan fingerprint density at radius 1 is 0.568 bits per heavy atom. The first kappa shape index (κ1) is 30.9. The van der Waals surface area contributed by atoms with Gasteiger partial charge < -0.3 is 74.4 Å². The van der Waals surface area contributed by atoms with Crippen LogP contribution in [0.25, 0.3) is 0 Å². The highest BCUT2D eigenvalue weighted by atomic mass is 16.8. The molecule has 37 heavy (non-hydrogen) atoms. The van der Waals surface area contributed by atoms with Gasteiger partial charge in [-0.25, -0.2) is 0 Å². The molecule has 0 amide bonds. The Bertz CT molecular complexity index is 693. The van der Waals surface area contributed by atoms with Crippen LogP contribution in [0.5, 0.6) is 0 Å². The largest absolute Gasteiger partial charge is 0.394 e. The van der Waals surface area contributed by atoms with E-state index in [1.807, 2.05) is 0 Å². The summed E-state index contributed by atoms with van der Waals surface area (Å²) in [5, 5.41) is 91.9. The first-order valence-electron chi connectivity index (χ1n) is 12.3. The van der Waals surface area contributed by atoms with E-state index in [1.54, 1.807) is 13.8 Å². The molecular weight excluding hydrogens is 504 g/mol. The molecule has 0 aliphatic carbocycles.